The predicted molar refractivity (Wildman–Crippen MR) is 101 cm³/mol. The molecule has 2 rings (SSSR count). The van der Waals surface area contributed by atoms with E-state index in [1.54, 1.807) is 19.1 Å². The zero-order valence-electron chi connectivity index (χ0n) is 16.3. The van der Waals surface area contributed by atoms with Gasteiger partial charge in [-0.2, -0.15) is 0 Å². The maximum absolute atomic E-state index is 12.4. The maximum Gasteiger partial charge on any atom is 0.410 e. The summed E-state index contributed by atoms with van der Waals surface area (Å²) >= 11 is 0. The molecule has 1 N–H and O–H groups in total. The topological polar surface area (TPSA) is 71.4 Å². The molecule has 0 radical (unpaired) electrons. The van der Waals surface area contributed by atoms with Crippen LogP contribution < -0.4 is 0 Å². The van der Waals surface area contributed by atoms with Crippen molar-refractivity contribution in [1.29, 1.82) is 0 Å². The summed E-state index contributed by atoms with van der Waals surface area (Å²) in [6.07, 6.45) is 1.76. The van der Waals surface area contributed by atoms with E-state index in [2.05, 4.69) is 5.16 Å². The van der Waals surface area contributed by atoms with Crippen molar-refractivity contribution in [3.8, 4) is 0 Å². The van der Waals surface area contributed by atoms with Crippen LogP contribution in [-0.4, -0.2) is 53.8 Å². The normalized spacial score (nSPS) is 24.2. The van der Waals surface area contributed by atoms with Crippen molar-refractivity contribution in [2.75, 3.05) is 14.2 Å². The van der Waals surface area contributed by atoms with Gasteiger partial charge in [-0.15, -0.1) is 0 Å². The van der Waals surface area contributed by atoms with Gasteiger partial charge in [-0.05, 0) is 45.6 Å². The first-order valence-electron chi connectivity index (χ1n) is 9.02. The van der Waals surface area contributed by atoms with Crippen LogP contribution >= 0.6 is 0 Å². The van der Waals surface area contributed by atoms with Crippen molar-refractivity contribution in [1.82, 2.24) is 4.90 Å². The lowest BCUT2D eigenvalue weighted by molar-refractivity contribution is -0.0276. The molecule has 144 valence electrons. The van der Waals surface area contributed by atoms with Gasteiger partial charge in [0, 0.05) is 20.1 Å². The van der Waals surface area contributed by atoms with Gasteiger partial charge in [0.25, 0.3) is 0 Å². The Morgan fingerprint density at radius 1 is 1.23 bits per heavy atom. The molecular weight excluding hydrogens is 332 g/mol. The average molecular weight is 362 g/mol. The number of benzene rings is 1. The molecule has 26 heavy (non-hydrogen) atoms. The van der Waals surface area contributed by atoms with E-state index in [0.717, 1.165) is 18.4 Å². The molecule has 0 bridgehead atoms. The van der Waals surface area contributed by atoms with E-state index in [9.17, 15) is 10.0 Å². The minimum Gasteiger partial charge on any atom is -0.444 e. The highest BCUT2D eigenvalue weighted by Gasteiger charge is 2.38. The third-order valence-electron chi connectivity index (χ3n) is 4.80. The summed E-state index contributed by atoms with van der Waals surface area (Å²) in [5, 5.41) is 13.1. The fraction of sp³-hybridized carbons (Fsp3) is 0.600. The molecule has 1 aliphatic rings. The van der Waals surface area contributed by atoms with Crippen LogP contribution in [0.3, 0.4) is 0 Å². The van der Waals surface area contributed by atoms with Gasteiger partial charge in [0.1, 0.15) is 5.60 Å². The number of rotatable bonds is 4. The predicted octanol–water partition coefficient (Wildman–Crippen LogP) is 3.92. The minimum atomic E-state index is -0.533. The van der Waals surface area contributed by atoms with Crippen molar-refractivity contribution in [2.45, 2.75) is 57.8 Å². The molecular formula is C20H30N2O4. The van der Waals surface area contributed by atoms with Gasteiger partial charge in [0.15, 0.2) is 0 Å². The van der Waals surface area contributed by atoms with E-state index < -0.39 is 5.60 Å². The Morgan fingerprint density at radius 3 is 2.42 bits per heavy atom. The van der Waals surface area contributed by atoms with Crippen molar-refractivity contribution in [3.05, 3.63) is 35.9 Å². The highest BCUT2D eigenvalue weighted by molar-refractivity contribution is 6.01. The summed E-state index contributed by atoms with van der Waals surface area (Å²) in [7, 11) is 3.41. The molecule has 0 saturated heterocycles. The number of oxime groups is 1. The number of methoxy groups -OCH3 is 1. The first-order valence-corrected chi connectivity index (χ1v) is 9.02. The molecule has 0 spiro atoms. The molecule has 0 heterocycles. The fourth-order valence-corrected chi connectivity index (χ4v) is 3.51. The second kappa shape index (κ2) is 8.54. The summed E-state index contributed by atoms with van der Waals surface area (Å²) in [5.74, 6) is 0.0793. The van der Waals surface area contributed by atoms with Crippen LogP contribution in [0.25, 0.3) is 0 Å². The van der Waals surface area contributed by atoms with E-state index >= 15 is 0 Å². The van der Waals surface area contributed by atoms with Crippen LogP contribution in [-0.2, 0) is 9.47 Å². The number of amides is 1. The first kappa shape index (κ1) is 20.2. The third-order valence-corrected chi connectivity index (χ3v) is 4.80. The summed E-state index contributed by atoms with van der Waals surface area (Å²) in [4.78, 5) is 14.0. The summed E-state index contributed by atoms with van der Waals surface area (Å²) in [6, 6.07) is 9.60. The van der Waals surface area contributed by atoms with E-state index in [0.29, 0.717) is 12.1 Å². The lowest BCUT2D eigenvalue weighted by Gasteiger charge is -2.40. The van der Waals surface area contributed by atoms with Gasteiger partial charge < -0.3 is 19.6 Å². The Morgan fingerprint density at radius 2 is 1.88 bits per heavy atom. The van der Waals surface area contributed by atoms with Crippen LogP contribution in [0.4, 0.5) is 4.79 Å². The Kier molecular flexibility index (Phi) is 6.64. The van der Waals surface area contributed by atoms with Gasteiger partial charge >= 0.3 is 6.09 Å². The zero-order chi connectivity index (χ0) is 19.3. The molecule has 1 fully saturated rings. The smallest absolute Gasteiger partial charge is 0.410 e. The Balaban J connectivity index is 2.09. The Hall–Kier alpha value is -2.08. The number of likely N-dealkylation sites (N-methyl/N-ethyl adjacent to an activating group) is 1. The van der Waals surface area contributed by atoms with E-state index in [1.165, 1.54) is 0 Å². The largest absolute Gasteiger partial charge is 0.444 e. The number of carbonyl (C=O) groups excluding carboxylic acids is 1. The SMILES string of the molecule is COC1C[C@@H](/C(=N/O)c2ccccc2)CC[C@H]1N(C)C(=O)OC(C)(C)C. The second-order valence-corrected chi connectivity index (χ2v) is 7.79. The van der Waals surface area contributed by atoms with Crippen molar-refractivity contribution in [2.24, 2.45) is 11.1 Å². The molecule has 6 nitrogen and oxygen atoms in total. The van der Waals surface area contributed by atoms with Crippen LogP contribution in [0.15, 0.2) is 35.5 Å². The number of nitrogens with zero attached hydrogens (tertiary/aromatic N) is 2. The van der Waals surface area contributed by atoms with Crippen molar-refractivity contribution < 1.29 is 19.5 Å². The highest BCUT2D eigenvalue weighted by Crippen LogP contribution is 2.32. The van der Waals surface area contributed by atoms with Crippen molar-refractivity contribution in [3.63, 3.8) is 0 Å². The lowest BCUT2D eigenvalue weighted by atomic mass is 9.79. The van der Waals surface area contributed by atoms with Crippen molar-refractivity contribution >= 4 is 11.8 Å². The molecule has 1 saturated carbocycles. The molecule has 0 aliphatic heterocycles. The summed E-state index contributed by atoms with van der Waals surface area (Å²) in [5.41, 5.74) is 1.05. The van der Waals surface area contributed by atoms with E-state index in [-0.39, 0.29) is 24.2 Å². The second-order valence-electron chi connectivity index (χ2n) is 7.79. The number of carbonyl (C=O) groups is 1. The molecule has 1 aromatic carbocycles. The van der Waals surface area contributed by atoms with Crippen LogP contribution in [0.2, 0.25) is 0 Å². The van der Waals surface area contributed by atoms with Gasteiger partial charge in [-0.25, -0.2) is 4.79 Å². The van der Waals surface area contributed by atoms with Gasteiger partial charge in [-0.3, -0.25) is 0 Å². The zero-order valence-corrected chi connectivity index (χ0v) is 16.3. The molecule has 1 aliphatic carbocycles. The molecule has 6 heteroatoms. The van der Waals surface area contributed by atoms with E-state index in [1.807, 2.05) is 51.1 Å². The van der Waals surface area contributed by atoms with Crippen LogP contribution in [0, 0.1) is 5.92 Å². The number of ether oxygens (including phenoxy) is 2. The highest BCUT2D eigenvalue weighted by atomic mass is 16.6. The standard InChI is InChI=1S/C20H30N2O4/c1-20(2,3)26-19(23)22(4)16-12-11-15(13-17(16)25-5)18(21-24)14-9-7-6-8-10-14/h6-10,15-17,24H,11-13H2,1-5H3/b21-18+/t15-,16+,17?/m0/s1. The molecule has 1 unspecified atom stereocenters. The summed E-state index contributed by atoms with van der Waals surface area (Å²) < 4.78 is 11.2. The van der Waals surface area contributed by atoms with Gasteiger partial charge in [-0.1, -0.05) is 35.5 Å². The molecule has 1 aromatic rings. The van der Waals surface area contributed by atoms with E-state index in [4.69, 9.17) is 9.47 Å². The first-order chi connectivity index (χ1) is 12.3. The molecule has 0 aromatic heterocycles. The molecule has 1 amide bonds. The summed E-state index contributed by atoms with van der Waals surface area (Å²) in [6.45, 7) is 5.56. The fourth-order valence-electron chi connectivity index (χ4n) is 3.51. The minimum absolute atomic E-state index is 0.0678. The Labute approximate surface area is 155 Å². The monoisotopic (exact) mass is 362 g/mol. The number of hydrogen-bond donors (Lipinski definition) is 1. The third kappa shape index (κ3) is 4.97. The molecule has 3 atom stereocenters. The van der Waals surface area contributed by atoms with Crippen LogP contribution in [0.5, 0.6) is 0 Å². The maximum atomic E-state index is 12.4. The van der Waals surface area contributed by atoms with Crippen LogP contribution in [0.1, 0.15) is 45.6 Å². The number of hydrogen-bond acceptors (Lipinski definition) is 5. The average Bonchev–Trinajstić information content (AvgIpc) is 2.61. The van der Waals surface area contributed by atoms with Gasteiger partial charge in [0.2, 0.25) is 0 Å². The Bertz CT molecular complexity index is 624. The quantitative estimate of drug-likeness (QED) is 0.501. The lowest BCUT2D eigenvalue weighted by Crippen LogP contribution is -2.50. The van der Waals surface area contributed by atoms with Gasteiger partial charge in [0.05, 0.1) is 17.9 Å².